The summed E-state index contributed by atoms with van der Waals surface area (Å²) in [6.07, 6.45) is 12.3. The minimum Gasteiger partial charge on any atom is -0.396 e. The van der Waals surface area contributed by atoms with E-state index in [0.717, 1.165) is 18.9 Å². The van der Waals surface area contributed by atoms with Crippen molar-refractivity contribution in [2.45, 2.75) is 38.5 Å². The molecule has 3 N–H and O–H groups in total. The molecule has 0 aliphatic heterocycles. The molecule has 1 rings (SSSR count). The SMILES string of the molecule is C#CCNC(=NC)NCC1(CCO)CCCCC1.I. The smallest absolute Gasteiger partial charge is 0.191 e. The maximum atomic E-state index is 9.25. The predicted molar refractivity (Wildman–Crippen MR) is 90.8 cm³/mol. The number of hydrogen-bond donors (Lipinski definition) is 3. The predicted octanol–water partition coefficient (Wildman–Crippen LogP) is 1.74. The summed E-state index contributed by atoms with van der Waals surface area (Å²) < 4.78 is 0. The van der Waals surface area contributed by atoms with E-state index in [1.165, 1.54) is 32.1 Å². The molecule has 0 amide bonds. The maximum absolute atomic E-state index is 9.25. The topological polar surface area (TPSA) is 56.7 Å². The number of nitrogens with one attached hydrogen (secondary N) is 2. The molecule has 0 unspecified atom stereocenters. The molecule has 0 saturated heterocycles. The van der Waals surface area contributed by atoms with Crippen molar-refractivity contribution in [3.8, 4) is 12.3 Å². The molecule has 110 valence electrons. The Bertz CT molecular complexity index is 301. The zero-order valence-corrected chi connectivity index (χ0v) is 14.1. The highest BCUT2D eigenvalue weighted by atomic mass is 127. The van der Waals surface area contributed by atoms with Gasteiger partial charge in [-0.05, 0) is 24.7 Å². The molecule has 1 aliphatic rings. The molecule has 1 aliphatic carbocycles. The molecule has 4 nitrogen and oxygen atoms in total. The Morgan fingerprint density at radius 1 is 1.32 bits per heavy atom. The molecule has 0 aromatic heterocycles. The van der Waals surface area contributed by atoms with Crippen molar-refractivity contribution in [2.24, 2.45) is 10.4 Å². The van der Waals surface area contributed by atoms with Gasteiger partial charge in [-0.1, -0.05) is 25.2 Å². The highest BCUT2D eigenvalue weighted by molar-refractivity contribution is 14.0. The van der Waals surface area contributed by atoms with E-state index in [4.69, 9.17) is 6.42 Å². The van der Waals surface area contributed by atoms with E-state index in [1.807, 2.05) is 0 Å². The molecule has 0 aromatic carbocycles. The van der Waals surface area contributed by atoms with Crippen LogP contribution in [0.2, 0.25) is 0 Å². The third-order valence-electron chi connectivity index (χ3n) is 3.77. The van der Waals surface area contributed by atoms with E-state index >= 15 is 0 Å². The van der Waals surface area contributed by atoms with Crippen molar-refractivity contribution in [2.75, 3.05) is 26.7 Å². The molecule has 0 aromatic rings. The van der Waals surface area contributed by atoms with E-state index in [2.05, 4.69) is 21.5 Å². The Morgan fingerprint density at radius 2 is 2.00 bits per heavy atom. The van der Waals surface area contributed by atoms with Crippen molar-refractivity contribution in [1.82, 2.24) is 10.6 Å². The van der Waals surface area contributed by atoms with Crippen LogP contribution >= 0.6 is 24.0 Å². The minimum absolute atomic E-state index is 0. The van der Waals surface area contributed by atoms with Gasteiger partial charge in [0.15, 0.2) is 5.96 Å². The van der Waals surface area contributed by atoms with E-state index in [9.17, 15) is 5.11 Å². The summed E-state index contributed by atoms with van der Waals surface area (Å²) >= 11 is 0. The van der Waals surface area contributed by atoms with Crippen LogP contribution < -0.4 is 10.6 Å². The molecule has 1 saturated carbocycles. The molecule has 5 heteroatoms. The molecule has 0 spiro atoms. The second-order valence-corrected chi connectivity index (χ2v) is 5.02. The normalized spacial score (nSPS) is 18.1. The van der Waals surface area contributed by atoms with E-state index < -0.39 is 0 Å². The highest BCUT2D eigenvalue weighted by Gasteiger charge is 2.31. The van der Waals surface area contributed by atoms with Crippen molar-refractivity contribution < 1.29 is 5.11 Å². The third kappa shape index (κ3) is 6.48. The van der Waals surface area contributed by atoms with E-state index in [-0.39, 0.29) is 36.0 Å². The number of halogens is 1. The summed E-state index contributed by atoms with van der Waals surface area (Å²) in [6.45, 7) is 1.60. The standard InChI is InChI=1S/C14H25N3O.HI/c1-3-10-16-13(15-2)17-12-14(9-11-18)7-5-4-6-8-14;/h1,18H,4-12H2,2H3,(H2,15,16,17);1H. The van der Waals surface area contributed by atoms with Gasteiger partial charge in [0.1, 0.15) is 0 Å². The van der Waals surface area contributed by atoms with Gasteiger partial charge >= 0.3 is 0 Å². The first-order chi connectivity index (χ1) is 8.76. The Labute approximate surface area is 133 Å². The van der Waals surface area contributed by atoms with Gasteiger partial charge in [-0.3, -0.25) is 4.99 Å². The zero-order valence-electron chi connectivity index (χ0n) is 11.7. The Hall–Kier alpha value is -0.480. The van der Waals surface area contributed by atoms with Crippen molar-refractivity contribution in [3.63, 3.8) is 0 Å². The number of aliphatic hydroxyl groups excluding tert-OH is 1. The lowest BCUT2D eigenvalue weighted by molar-refractivity contribution is 0.131. The number of rotatable bonds is 5. The van der Waals surface area contributed by atoms with Crippen LogP contribution in [0, 0.1) is 17.8 Å². The first-order valence-electron chi connectivity index (χ1n) is 6.75. The van der Waals surface area contributed by atoms with Gasteiger partial charge in [0.25, 0.3) is 0 Å². The van der Waals surface area contributed by atoms with Gasteiger partial charge in [-0.15, -0.1) is 30.4 Å². The lowest BCUT2D eigenvalue weighted by Crippen LogP contribution is -2.45. The molecule has 0 bridgehead atoms. The molecule has 0 heterocycles. The third-order valence-corrected chi connectivity index (χ3v) is 3.77. The number of aliphatic hydroxyl groups is 1. The quantitative estimate of drug-likeness (QED) is 0.295. The number of terminal acetylenes is 1. The van der Waals surface area contributed by atoms with Gasteiger partial charge < -0.3 is 15.7 Å². The van der Waals surface area contributed by atoms with Crippen LogP contribution in [0.4, 0.5) is 0 Å². The van der Waals surface area contributed by atoms with E-state index in [1.54, 1.807) is 7.05 Å². The van der Waals surface area contributed by atoms with Crippen LogP contribution in [-0.2, 0) is 0 Å². The number of hydrogen-bond acceptors (Lipinski definition) is 2. The zero-order chi connectivity index (χ0) is 13.3. The summed E-state index contributed by atoms with van der Waals surface area (Å²) in [4.78, 5) is 4.14. The minimum atomic E-state index is 0. The van der Waals surface area contributed by atoms with Crippen LogP contribution in [0.1, 0.15) is 38.5 Å². The van der Waals surface area contributed by atoms with Crippen molar-refractivity contribution >= 4 is 29.9 Å². The number of nitrogens with zero attached hydrogens (tertiary/aromatic N) is 1. The summed E-state index contributed by atoms with van der Waals surface area (Å²) in [7, 11) is 1.74. The molecular formula is C14H26IN3O. The molecular weight excluding hydrogens is 353 g/mol. The van der Waals surface area contributed by atoms with Gasteiger partial charge in [0.2, 0.25) is 0 Å². The number of aliphatic imine (C=N–C) groups is 1. The lowest BCUT2D eigenvalue weighted by atomic mass is 9.72. The maximum Gasteiger partial charge on any atom is 0.191 e. The summed E-state index contributed by atoms with van der Waals surface area (Å²) in [5, 5.41) is 15.6. The van der Waals surface area contributed by atoms with Crippen LogP contribution in [0.5, 0.6) is 0 Å². The van der Waals surface area contributed by atoms with Crippen LogP contribution in [0.15, 0.2) is 4.99 Å². The number of guanidine groups is 1. The molecule has 19 heavy (non-hydrogen) atoms. The highest BCUT2D eigenvalue weighted by Crippen LogP contribution is 2.38. The average molecular weight is 379 g/mol. The largest absolute Gasteiger partial charge is 0.396 e. The lowest BCUT2D eigenvalue weighted by Gasteiger charge is -2.37. The fraction of sp³-hybridized carbons (Fsp3) is 0.786. The van der Waals surface area contributed by atoms with Gasteiger partial charge in [0, 0.05) is 20.2 Å². The van der Waals surface area contributed by atoms with Crippen LogP contribution in [-0.4, -0.2) is 37.8 Å². The second-order valence-electron chi connectivity index (χ2n) is 5.02. The summed E-state index contributed by atoms with van der Waals surface area (Å²) in [6, 6.07) is 0. The fourth-order valence-electron chi connectivity index (χ4n) is 2.68. The van der Waals surface area contributed by atoms with Gasteiger partial charge in [-0.25, -0.2) is 0 Å². The fourth-order valence-corrected chi connectivity index (χ4v) is 2.68. The van der Waals surface area contributed by atoms with Crippen molar-refractivity contribution in [3.05, 3.63) is 0 Å². The van der Waals surface area contributed by atoms with Crippen molar-refractivity contribution in [1.29, 1.82) is 0 Å². The monoisotopic (exact) mass is 379 g/mol. The molecule has 1 fully saturated rings. The second kappa shape index (κ2) is 10.3. The van der Waals surface area contributed by atoms with Gasteiger partial charge in [0.05, 0.1) is 6.54 Å². The average Bonchev–Trinajstić information content (AvgIpc) is 2.40. The van der Waals surface area contributed by atoms with Gasteiger partial charge in [-0.2, -0.15) is 0 Å². The van der Waals surface area contributed by atoms with Crippen LogP contribution in [0.3, 0.4) is 0 Å². The summed E-state index contributed by atoms with van der Waals surface area (Å²) in [5.74, 6) is 3.28. The Morgan fingerprint density at radius 3 is 2.53 bits per heavy atom. The van der Waals surface area contributed by atoms with Crippen LogP contribution in [0.25, 0.3) is 0 Å². The Kier molecular flexibility index (Phi) is 10.1. The molecule has 0 atom stereocenters. The van der Waals surface area contributed by atoms with E-state index in [0.29, 0.717) is 6.54 Å². The molecule has 0 radical (unpaired) electrons. The first kappa shape index (κ1) is 18.5. The first-order valence-corrected chi connectivity index (χ1v) is 6.75. The summed E-state index contributed by atoms with van der Waals surface area (Å²) in [5.41, 5.74) is 0.223. The Balaban J connectivity index is 0.00000324.